The predicted octanol–water partition coefficient (Wildman–Crippen LogP) is 1.01. The molecule has 6 heteroatoms. The zero-order chi connectivity index (χ0) is 14.9. The van der Waals surface area contributed by atoms with Gasteiger partial charge in [-0.2, -0.15) is 0 Å². The second-order valence-electron chi connectivity index (χ2n) is 4.67. The molecule has 2 amide bonds. The van der Waals surface area contributed by atoms with Gasteiger partial charge in [-0.1, -0.05) is 12.1 Å². The molecule has 0 unspecified atom stereocenters. The van der Waals surface area contributed by atoms with Gasteiger partial charge in [-0.05, 0) is 36.0 Å². The van der Waals surface area contributed by atoms with E-state index in [1.807, 2.05) is 43.3 Å². The zero-order valence-corrected chi connectivity index (χ0v) is 12.3. The van der Waals surface area contributed by atoms with Crippen LogP contribution in [0.5, 0.6) is 0 Å². The third-order valence-electron chi connectivity index (χ3n) is 3.03. The molecule has 1 aromatic carbocycles. The monoisotopic (exact) mass is 289 g/mol. The molecule has 2 rings (SSSR count). The number of hydrogen-bond acceptors (Lipinski definition) is 4. The van der Waals surface area contributed by atoms with E-state index in [9.17, 15) is 9.59 Å². The van der Waals surface area contributed by atoms with E-state index in [1.54, 1.807) is 6.08 Å². The molecule has 1 aliphatic heterocycles. The van der Waals surface area contributed by atoms with E-state index in [1.165, 1.54) is 11.9 Å². The van der Waals surface area contributed by atoms with Gasteiger partial charge in [-0.25, -0.2) is 0 Å². The Labute approximate surface area is 122 Å². The van der Waals surface area contributed by atoms with Crippen molar-refractivity contribution in [2.45, 2.75) is 0 Å². The van der Waals surface area contributed by atoms with Crippen LogP contribution in [-0.2, 0) is 9.59 Å². The Hall–Kier alpha value is -2.21. The summed E-state index contributed by atoms with van der Waals surface area (Å²) in [4.78, 5) is 27.1. The summed E-state index contributed by atoms with van der Waals surface area (Å²) < 4.78 is 0. The quantitative estimate of drug-likeness (QED) is 0.501. The number of likely N-dealkylation sites (N-methyl/N-ethyl adjacent to an activating group) is 1. The van der Waals surface area contributed by atoms with E-state index in [4.69, 9.17) is 12.2 Å². The summed E-state index contributed by atoms with van der Waals surface area (Å²) in [6.07, 6.45) is 1.56. The molecule has 0 aliphatic carbocycles. The maximum atomic E-state index is 12.0. The molecule has 1 N–H and O–H groups in total. The maximum absolute atomic E-state index is 12.0. The number of carbonyl (C=O) groups is 2. The Morgan fingerprint density at radius 1 is 1.20 bits per heavy atom. The lowest BCUT2D eigenvalue weighted by Crippen LogP contribution is -2.52. The summed E-state index contributed by atoms with van der Waals surface area (Å²) in [5, 5.41) is 2.61. The number of rotatable bonds is 2. The number of nitrogens with one attached hydrogen (secondary N) is 1. The molecular weight excluding hydrogens is 274 g/mol. The van der Waals surface area contributed by atoms with Gasteiger partial charge in [-0.15, -0.1) is 0 Å². The smallest absolute Gasteiger partial charge is 0.265 e. The first-order valence-electron chi connectivity index (χ1n) is 6.02. The van der Waals surface area contributed by atoms with Crippen molar-refractivity contribution in [3.8, 4) is 0 Å². The van der Waals surface area contributed by atoms with Crippen molar-refractivity contribution in [1.29, 1.82) is 0 Å². The number of amides is 2. The molecule has 1 aromatic rings. The predicted molar refractivity (Wildman–Crippen MR) is 82.3 cm³/mol. The fourth-order valence-corrected chi connectivity index (χ4v) is 1.96. The molecule has 20 heavy (non-hydrogen) atoms. The lowest BCUT2D eigenvalue weighted by atomic mass is 10.1. The second kappa shape index (κ2) is 5.42. The third-order valence-corrected chi connectivity index (χ3v) is 3.40. The molecule has 0 spiro atoms. The topological polar surface area (TPSA) is 52.7 Å². The number of nitrogens with zero attached hydrogens (tertiary/aromatic N) is 2. The van der Waals surface area contributed by atoms with Gasteiger partial charge >= 0.3 is 0 Å². The highest BCUT2D eigenvalue weighted by molar-refractivity contribution is 7.80. The van der Waals surface area contributed by atoms with Gasteiger partial charge in [0.15, 0.2) is 5.11 Å². The van der Waals surface area contributed by atoms with Crippen molar-refractivity contribution in [3.63, 3.8) is 0 Å². The molecule has 0 saturated carbocycles. The minimum atomic E-state index is -0.463. The Bertz CT molecular complexity index is 605. The fourth-order valence-electron chi connectivity index (χ4n) is 1.78. The van der Waals surface area contributed by atoms with Gasteiger partial charge in [0.2, 0.25) is 0 Å². The largest absolute Gasteiger partial charge is 0.378 e. The molecule has 0 aromatic heterocycles. The lowest BCUT2D eigenvalue weighted by Gasteiger charge is -2.25. The number of carbonyl (C=O) groups excluding carboxylic acids is 2. The van der Waals surface area contributed by atoms with Crippen LogP contribution in [0.4, 0.5) is 5.69 Å². The number of benzene rings is 1. The summed E-state index contributed by atoms with van der Waals surface area (Å²) in [6, 6.07) is 7.56. The van der Waals surface area contributed by atoms with Crippen LogP contribution in [0.15, 0.2) is 29.8 Å². The van der Waals surface area contributed by atoms with Crippen LogP contribution in [0.3, 0.4) is 0 Å². The van der Waals surface area contributed by atoms with Crippen molar-refractivity contribution >= 4 is 40.9 Å². The number of thiocarbonyl (C=S) groups is 1. The first-order valence-corrected chi connectivity index (χ1v) is 6.43. The number of anilines is 1. The summed E-state index contributed by atoms with van der Waals surface area (Å²) in [6.45, 7) is 0. The van der Waals surface area contributed by atoms with E-state index in [0.717, 1.165) is 11.3 Å². The third kappa shape index (κ3) is 2.70. The lowest BCUT2D eigenvalue weighted by molar-refractivity contribution is -0.128. The Morgan fingerprint density at radius 3 is 2.35 bits per heavy atom. The SMILES string of the molecule is CN1C(=O)C(=Cc2ccc(N(C)C)cc2)C(=O)NC1=S. The van der Waals surface area contributed by atoms with Gasteiger partial charge in [-0.3, -0.25) is 19.8 Å². The van der Waals surface area contributed by atoms with Gasteiger partial charge in [0.1, 0.15) is 5.57 Å². The highest BCUT2D eigenvalue weighted by atomic mass is 32.1. The molecule has 5 nitrogen and oxygen atoms in total. The van der Waals surface area contributed by atoms with Crippen molar-refractivity contribution in [3.05, 3.63) is 35.4 Å². The molecule has 1 fully saturated rings. The average Bonchev–Trinajstić information content (AvgIpc) is 2.42. The Kier molecular flexibility index (Phi) is 3.85. The van der Waals surface area contributed by atoms with Crippen LogP contribution < -0.4 is 10.2 Å². The van der Waals surface area contributed by atoms with Gasteiger partial charge in [0.25, 0.3) is 11.8 Å². The van der Waals surface area contributed by atoms with Crippen LogP contribution in [-0.4, -0.2) is 43.0 Å². The van der Waals surface area contributed by atoms with Crippen LogP contribution in [0.1, 0.15) is 5.56 Å². The summed E-state index contributed by atoms with van der Waals surface area (Å²) >= 11 is 4.89. The second-order valence-corrected chi connectivity index (χ2v) is 5.05. The minimum Gasteiger partial charge on any atom is -0.378 e. The highest BCUT2D eigenvalue weighted by Crippen LogP contribution is 2.17. The van der Waals surface area contributed by atoms with Crippen LogP contribution >= 0.6 is 12.2 Å². The summed E-state index contributed by atoms with van der Waals surface area (Å²) in [5.41, 5.74) is 1.92. The van der Waals surface area contributed by atoms with Crippen molar-refractivity contribution < 1.29 is 9.59 Å². The summed E-state index contributed by atoms with van der Waals surface area (Å²) in [7, 11) is 5.43. The molecule has 1 heterocycles. The fraction of sp³-hybridized carbons (Fsp3) is 0.214. The van der Waals surface area contributed by atoms with E-state index < -0.39 is 11.8 Å². The van der Waals surface area contributed by atoms with Crippen molar-refractivity contribution in [2.75, 3.05) is 26.0 Å². The van der Waals surface area contributed by atoms with Crippen molar-refractivity contribution in [1.82, 2.24) is 10.2 Å². The van der Waals surface area contributed by atoms with Gasteiger partial charge < -0.3 is 4.90 Å². The number of hydrogen-bond donors (Lipinski definition) is 1. The molecule has 0 atom stereocenters. The summed E-state index contributed by atoms with van der Waals surface area (Å²) in [5.74, 6) is -0.856. The van der Waals surface area contributed by atoms with Crippen molar-refractivity contribution in [2.24, 2.45) is 0 Å². The van der Waals surface area contributed by atoms with E-state index in [0.29, 0.717) is 0 Å². The molecule has 104 valence electrons. The van der Waals surface area contributed by atoms with Crippen LogP contribution in [0.25, 0.3) is 6.08 Å². The molecular formula is C14H15N3O2S. The minimum absolute atomic E-state index is 0.0821. The molecule has 0 bridgehead atoms. The molecule has 0 radical (unpaired) electrons. The standard InChI is InChI=1S/C14H15N3O2S/c1-16(2)10-6-4-9(5-7-10)8-11-12(18)15-14(20)17(3)13(11)19/h4-8H,1-3H3,(H,15,18,20). The van der Waals surface area contributed by atoms with E-state index in [-0.39, 0.29) is 10.7 Å². The average molecular weight is 289 g/mol. The molecule has 1 aliphatic rings. The highest BCUT2D eigenvalue weighted by Gasteiger charge is 2.30. The molecule has 1 saturated heterocycles. The van der Waals surface area contributed by atoms with Crippen LogP contribution in [0.2, 0.25) is 0 Å². The van der Waals surface area contributed by atoms with Gasteiger partial charge in [0, 0.05) is 26.8 Å². The Balaban J connectivity index is 2.31. The van der Waals surface area contributed by atoms with E-state index >= 15 is 0 Å². The van der Waals surface area contributed by atoms with Crippen LogP contribution in [0, 0.1) is 0 Å². The first kappa shape index (κ1) is 14.2. The van der Waals surface area contributed by atoms with E-state index in [2.05, 4.69) is 5.32 Å². The van der Waals surface area contributed by atoms with Gasteiger partial charge in [0.05, 0.1) is 0 Å². The Morgan fingerprint density at radius 2 is 1.80 bits per heavy atom. The first-order chi connectivity index (χ1) is 9.40. The maximum Gasteiger partial charge on any atom is 0.265 e. The zero-order valence-electron chi connectivity index (χ0n) is 11.5. The normalized spacial score (nSPS) is 17.4.